The molecule has 0 aliphatic carbocycles. The molecule has 37 heavy (non-hydrogen) atoms. The van der Waals surface area contributed by atoms with E-state index in [1.54, 1.807) is 0 Å². The van der Waals surface area contributed by atoms with Crippen LogP contribution in [0.2, 0.25) is 0 Å². The van der Waals surface area contributed by atoms with E-state index in [-0.39, 0.29) is 23.1 Å². The first kappa shape index (κ1) is 25.8. The van der Waals surface area contributed by atoms with Crippen LogP contribution < -0.4 is 25.4 Å². The van der Waals surface area contributed by atoms with Crippen molar-refractivity contribution in [2.45, 2.75) is 64.3 Å². The minimum Gasteiger partial charge on any atom is -0.370 e. The van der Waals surface area contributed by atoms with Gasteiger partial charge in [-0.15, -0.1) is 0 Å². The summed E-state index contributed by atoms with van der Waals surface area (Å²) in [4.78, 5) is 25.4. The third kappa shape index (κ3) is 6.02. The lowest BCUT2D eigenvalue weighted by atomic mass is 9.94. The van der Waals surface area contributed by atoms with Crippen LogP contribution in [0.15, 0.2) is 47.6 Å². The van der Waals surface area contributed by atoms with Crippen molar-refractivity contribution in [3.8, 4) is 0 Å². The molecule has 5 rings (SSSR count). The van der Waals surface area contributed by atoms with Crippen LogP contribution in [0.1, 0.15) is 57.8 Å². The summed E-state index contributed by atoms with van der Waals surface area (Å²) in [6.45, 7) is 13.2. The number of hydrogen-bond donors (Lipinski definition) is 3. The Morgan fingerprint density at radius 1 is 1.19 bits per heavy atom. The van der Waals surface area contributed by atoms with E-state index in [2.05, 4.69) is 60.0 Å². The molecule has 1 fully saturated rings. The Balaban J connectivity index is 1.44. The Hall–Kier alpha value is -2.82. The maximum atomic E-state index is 13.4. The van der Waals surface area contributed by atoms with E-state index in [0.29, 0.717) is 29.7 Å². The van der Waals surface area contributed by atoms with Crippen molar-refractivity contribution in [1.29, 1.82) is 0 Å². The van der Waals surface area contributed by atoms with Crippen LogP contribution in [-0.4, -0.2) is 47.3 Å². The zero-order chi connectivity index (χ0) is 26.2. The third-order valence-electron chi connectivity index (χ3n) is 6.77. The quantitative estimate of drug-likeness (QED) is 0.501. The van der Waals surface area contributed by atoms with Gasteiger partial charge in [0.15, 0.2) is 0 Å². The number of pyridine rings is 2. The second kappa shape index (κ2) is 10.2. The van der Waals surface area contributed by atoms with Gasteiger partial charge in [0.2, 0.25) is 0 Å². The van der Waals surface area contributed by atoms with Crippen LogP contribution in [0.3, 0.4) is 0 Å². The Kier molecular flexibility index (Phi) is 7.08. The van der Waals surface area contributed by atoms with Crippen molar-refractivity contribution >= 4 is 35.3 Å². The predicted octanol–water partition coefficient (Wildman–Crippen LogP) is 4.56. The highest BCUT2D eigenvalue weighted by molar-refractivity contribution is 7.97. The van der Waals surface area contributed by atoms with Crippen LogP contribution in [-0.2, 0) is 4.74 Å². The number of nitrogens with zero attached hydrogens (tertiary/aromatic N) is 4. The molecule has 3 aliphatic rings. The SMILES string of the molecule is CC(C)(C)COC1C=CN(c2ccc3c(n2)N2CC(CCNc4cccc(n4)SNC3=O)CC2(C)C)N1. The van der Waals surface area contributed by atoms with E-state index in [1.165, 1.54) is 11.9 Å². The van der Waals surface area contributed by atoms with Gasteiger partial charge < -0.3 is 15.0 Å². The number of rotatable bonds is 3. The number of aromatic nitrogens is 2. The van der Waals surface area contributed by atoms with Crippen molar-refractivity contribution < 1.29 is 9.53 Å². The van der Waals surface area contributed by atoms with Crippen LogP contribution in [0, 0.1) is 11.3 Å². The first-order chi connectivity index (χ1) is 17.6. The van der Waals surface area contributed by atoms with Crippen molar-refractivity contribution in [3.05, 3.63) is 48.2 Å². The highest BCUT2D eigenvalue weighted by atomic mass is 32.2. The lowest BCUT2D eigenvalue weighted by molar-refractivity contribution is 0.0210. The molecule has 5 heterocycles. The lowest BCUT2D eigenvalue weighted by Gasteiger charge is -2.34. The summed E-state index contributed by atoms with van der Waals surface area (Å²) in [5, 5.41) is 6.04. The monoisotopic (exact) mass is 523 g/mol. The van der Waals surface area contributed by atoms with Crippen LogP contribution in [0.5, 0.6) is 0 Å². The van der Waals surface area contributed by atoms with Crippen LogP contribution in [0.4, 0.5) is 17.5 Å². The van der Waals surface area contributed by atoms with Gasteiger partial charge in [0.1, 0.15) is 28.7 Å². The second-order valence-corrected chi connectivity index (χ2v) is 12.6. The molecule has 1 amide bonds. The minimum absolute atomic E-state index is 0.0755. The number of nitrogens with one attached hydrogen (secondary N) is 3. The summed E-state index contributed by atoms with van der Waals surface area (Å²) in [6.07, 6.45) is 5.73. The fourth-order valence-corrected chi connectivity index (χ4v) is 5.60. The molecule has 2 aromatic rings. The molecule has 2 atom stereocenters. The molecule has 0 saturated carbocycles. The molecule has 3 aliphatic heterocycles. The van der Waals surface area contributed by atoms with Crippen molar-refractivity contribution in [2.24, 2.45) is 11.3 Å². The summed E-state index contributed by atoms with van der Waals surface area (Å²) in [5.74, 6) is 2.53. The molecular weight excluding hydrogens is 486 g/mol. The topological polar surface area (TPSA) is 94.7 Å². The molecular formula is C27H37N7O2S. The number of amides is 1. The zero-order valence-electron chi connectivity index (χ0n) is 22.2. The van der Waals surface area contributed by atoms with Gasteiger partial charge in [-0.05, 0) is 68.4 Å². The maximum Gasteiger partial charge on any atom is 0.265 e. The molecule has 2 unspecified atom stereocenters. The van der Waals surface area contributed by atoms with Gasteiger partial charge in [0, 0.05) is 36.8 Å². The normalized spacial score (nSPS) is 23.3. The smallest absolute Gasteiger partial charge is 0.265 e. The Labute approximate surface area is 223 Å². The van der Waals surface area contributed by atoms with Gasteiger partial charge in [0.25, 0.3) is 5.91 Å². The third-order valence-corrected chi connectivity index (χ3v) is 7.49. The van der Waals surface area contributed by atoms with E-state index in [0.717, 1.165) is 36.8 Å². The Bertz CT molecular complexity index is 1180. The maximum absolute atomic E-state index is 13.4. The Morgan fingerprint density at radius 3 is 2.84 bits per heavy atom. The van der Waals surface area contributed by atoms with Crippen molar-refractivity contribution in [1.82, 2.24) is 20.1 Å². The largest absolute Gasteiger partial charge is 0.370 e. The number of carbonyl (C=O) groups is 1. The zero-order valence-corrected chi connectivity index (χ0v) is 23.1. The molecule has 0 spiro atoms. The summed E-state index contributed by atoms with van der Waals surface area (Å²) in [6, 6.07) is 9.55. The highest BCUT2D eigenvalue weighted by Crippen LogP contribution is 2.40. The van der Waals surface area contributed by atoms with E-state index in [4.69, 9.17) is 9.72 Å². The predicted molar refractivity (Wildman–Crippen MR) is 148 cm³/mol. The molecule has 0 aromatic carbocycles. The summed E-state index contributed by atoms with van der Waals surface area (Å²) in [5.41, 5.74) is 3.84. The van der Waals surface area contributed by atoms with Crippen molar-refractivity contribution in [3.63, 3.8) is 0 Å². The number of hydrogen-bond acceptors (Lipinski definition) is 9. The molecule has 3 N–H and O–H groups in total. The average molecular weight is 524 g/mol. The first-order valence-electron chi connectivity index (χ1n) is 12.9. The molecule has 10 heteroatoms. The second-order valence-electron chi connectivity index (χ2n) is 11.8. The first-order valence-corrected chi connectivity index (χ1v) is 13.7. The van der Waals surface area contributed by atoms with Gasteiger partial charge in [-0.3, -0.25) is 14.5 Å². The number of anilines is 3. The van der Waals surface area contributed by atoms with Gasteiger partial charge in [-0.1, -0.05) is 26.8 Å². The Morgan fingerprint density at radius 2 is 2.03 bits per heavy atom. The lowest BCUT2D eigenvalue weighted by Crippen LogP contribution is -2.41. The van der Waals surface area contributed by atoms with Gasteiger partial charge in [-0.25, -0.2) is 9.97 Å². The minimum atomic E-state index is -0.224. The molecule has 4 bridgehead atoms. The summed E-state index contributed by atoms with van der Waals surface area (Å²) < 4.78 is 8.98. The molecule has 1 saturated heterocycles. The molecule has 0 radical (unpaired) electrons. The van der Waals surface area contributed by atoms with Crippen molar-refractivity contribution in [2.75, 3.05) is 34.9 Å². The average Bonchev–Trinajstić information content (AvgIpc) is 3.44. The van der Waals surface area contributed by atoms with Crippen LogP contribution in [0.25, 0.3) is 0 Å². The summed E-state index contributed by atoms with van der Waals surface area (Å²) in [7, 11) is 0. The summed E-state index contributed by atoms with van der Waals surface area (Å²) >= 11 is 1.22. The van der Waals surface area contributed by atoms with E-state index >= 15 is 0 Å². The van der Waals surface area contributed by atoms with E-state index in [1.807, 2.05) is 47.6 Å². The fraction of sp³-hybridized carbons (Fsp3) is 0.519. The van der Waals surface area contributed by atoms with Gasteiger partial charge in [0.05, 0.1) is 12.2 Å². The number of hydrazine groups is 1. The number of ether oxygens (including phenoxy) is 1. The molecule has 198 valence electrons. The number of carbonyl (C=O) groups excluding carboxylic acids is 1. The highest BCUT2D eigenvalue weighted by Gasteiger charge is 2.40. The number of fused-ring (bicyclic) bond motifs is 6. The fourth-order valence-electron chi connectivity index (χ4n) is 5.00. The standard InChI is InChI=1S/C27H37N7O2S/c1-26(2,3)17-36-22-12-14-34(31-22)21-10-9-19-24(30-21)33-16-18(15-27(33,4)5)11-13-28-20-7-6-8-23(29-20)37-32-25(19)35/h6-10,12,14,18,22,31H,11,13,15-17H2,1-5H3,(H,28,29)(H,32,35). The van der Waals surface area contributed by atoms with Crippen LogP contribution >= 0.6 is 11.9 Å². The van der Waals surface area contributed by atoms with E-state index < -0.39 is 0 Å². The van der Waals surface area contributed by atoms with Gasteiger partial charge in [-0.2, -0.15) is 5.43 Å². The van der Waals surface area contributed by atoms with E-state index in [9.17, 15) is 4.79 Å². The van der Waals surface area contributed by atoms with Gasteiger partial charge >= 0.3 is 0 Å². The molecule has 2 aromatic heterocycles. The molecule has 9 nitrogen and oxygen atoms in total.